The van der Waals surface area contributed by atoms with Crippen molar-refractivity contribution < 1.29 is 9.53 Å². The van der Waals surface area contributed by atoms with Gasteiger partial charge in [-0.05, 0) is 38.1 Å². The minimum atomic E-state index is -0.409. The van der Waals surface area contributed by atoms with E-state index in [9.17, 15) is 4.79 Å². The number of carbonyl (C=O) groups is 1. The Morgan fingerprint density at radius 1 is 1.39 bits per heavy atom. The lowest BCUT2D eigenvalue weighted by molar-refractivity contribution is 0.0519. The lowest BCUT2D eigenvalue weighted by Crippen LogP contribution is -2.06. The predicted octanol–water partition coefficient (Wildman–Crippen LogP) is 2.14. The predicted molar refractivity (Wildman–Crippen MR) is 69.1 cm³/mol. The molecule has 0 unspecified atom stereocenters. The number of hydrogen-bond acceptors (Lipinski definition) is 4. The molecule has 0 atom stereocenters. The molecule has 0 aliphatic carbocycles. The largest absolute Gasteiger partial charge is 0.461 e. The molecule has 94 valence electrons. The lowest BCUT2D eigenvalue weighted by Gasteiger charge is -1.98. The number of hydrogen-bond donors (Lipinski definition) is 2. The number of nitrogen functional groups attached to an aromatic ring is 1. The number of aromatic nitrogens is 2. The second kappa shape index (κ2) is 4.91. The fraction of sp³-hybridized carbons (Fsp3) is 0.231. The van der Waals surface area contributed by atoms with Crippen LogP contribution in [-0.2, 0) is 4.74 Å². The highest BCUT2D eigenvalue weighted by Crippen LogP contribution is 2.19. The standard InChI is InChI=1S/C13H15N3O2/c1-3-18-13(17)11-8(2)15-12(16-11)9-4-6-10(14)7-5-9/h4-7H,3,14H2,1-2H3,(H,15,16). The third-order valence-corrected chi connectivity index (χ3v) is 2.54. The summed E-state index contributed by atoms with van der Waals surface area (Å²) >= 11 is 0. The maximum Gasteiger partial charge on any atom is 0.358 e. The lowest BCUT2D eigenvalue weighted by atomic mass is 10.2. The van der Waals surface area contributed by atoms with Gasteiger partial charge in [-0.25, -0.2) is 9.78 Å². The van der Waals surface area contributed by atoms with E-state index in [4.69, 9.17) is 10.5 Å². The Labute approximate surface area is 105 Å². The van der Waals surface area contributed by atoms with Crippen molar-refractivity contribution in [2.24, 2.45) is 0 Å². The summed E-state index contributed by atoms with van der Waals surface area (Å²) in [5.41, 5.74) is 8.21. The molecule has 0 fully saturated rings. The number of aryl methyl sites for hydroxylation is 1. The van der Waals surface area contributed by atoms with Gasteiger partial charge < -0.3 is 15.5 Å². The van der Waals surface area contributed by atoms with E-state index < -0.39 is 5.97 Å². The first-order chi connectivity index (χ1) is 8.61. The molecule has 1 aromatic heterocycles. The quantitative estimate of drug-likeness (QED) is 0.641. The minimum absolute atomic E-state index is 0.323. The summed E-state index contributed by atoms with van der Waals surface area (Å²) in [4.78, 5) is 19.0. The van der Waals surface area contributed by atoms with Gasteiger partial charge in [0, 0.05) is 16.9 Å². The normalized spacial score (nSPS) is 10.3. The van der Waals surface area contributed by atoms with Crippen LogP contribution in [0.2, 0.25) is 0 Å². The Morgan fingerprint density at radius 3 is 2.67 bits per heavy atom. The van der Waals surface area contributed by atoms with E-state index in [2.05, 4.69) is 9.97 Å². The number of nitrogens with one attached hydrogen (secondary N) is 1. The number of H-pyrrole nitrogens is 1. The number of rotatable bonds is 3. The van der Waals surface area contributed by atoms with Gasteiger partial charge in [0.1, 0.15) is 5.82 Å². The highest BCUT2D eigenvalue weighted by atomic mass is 16.5. The van der Waals surface area contributed by atoms with Crippen LogP contribution >= 0.6 is 0 Å². The molecule has 0 saturated carbocycles. The van der Waals surface area contributed by atoms with Crippen LogP contribution < -0.4 is 5.73 Å². The van der Waals surface area contributed by atoms with Gasteiger partial charge in [0.2, 0.25) is 0 Å². The van der Waals surface area contributed by atoms with Crippen molar-refractivity contribution in [2.75, 3.05) is 12.3 Å². The third-order valence-electron chi connectivity index (χ3n) is 2.54. The molecule has 0 aliphatic heterocycles. The third kappa shape index (κ3) is 2.34. The molecule has 0 amide bonds. The number of carbonyl (C=O) groups excluding carboxylic acids is 1. The maximum atomic E-state index is 11.6. The van der Waals surface area contributed by atoms with Crippen LogP contribution in [0.5, 0.6) is 0 Å². The number of aromatic amines is 1. The average Bonchev–Trinajstić information content (AvgIpc) is 2.72. The second-order valence-corrected chi connectivity index (χ2v) is 3.90. The number of benzene rings is 1. The Morgan fingerprint density at radius 2 is 2.06 bits per heavy atom. The van der Waals surface area contributed by atoms with Crippen LogP contribution in [0.15, 0.2) is 24.3 Å². The Balaban J connectivity index is 2.34. The molecule has 0 spiro atoms. The van der Waals surface area contributed by atoms with Gasteiger partial charge in [-0.2, -0.15) is 0 Å². The monoisotopic (exact) mass is 245 g/mol. The number of nitrogens with zero attached hydrogens (tertiary/aromatic N) is 1. The van der Waals surface area contributed by atoms with Crippen LogP contribution in [0.25, 0.3) is 11.4 Å². The van der Waals surface area contributed by atoms with Gasteiger partial charge in [-0.1, -0.05) is 0 Å². The number of imidazole rings is 1. The number of ether oxygens (including phenoxy) is 1. The van der Waals surface area contributed by atoms with E-state index in [0.29, 0.717) is 29.5 Å². The van der Waals surface area contributed by atoms with E-state index in [1.165, 1.54) is 0 Å². The molecule has 1 heterocycles. The van der Waals surface area contributed by atoms with Crippen molar-refractivity contribution >= 4 is 11.7 Å². The van der Waals surface area contributed by atoms with E-state index in [0.717, 1.165) is 5.56 Å². The first-order valence-corrected chi connectivity index (χ1v) is 5.71. The minimum Gasteiger partial charge on any atom is -0.461 e. The van der Waals surface area contributed by atoms with Gasteiger partial charge in [-0.3, -0.25) is 0 Å². The van der Waals surface area contributed by atoms with Gasteiger partial charge in [0.15, 0.2) is 5.69 Å². The number of nitrogens with two attached hydrogens (primary N) is 1. The van der Waals surface area contributed by atoms with Crippen molar-refractivity contribution in [1.29, 1.82) is 0 Å². The topological polar surface area (TPSA) is 81.0 Å². The number of esters is 1. The van der Waals surface area contributed by atoms with Crippen molar-refractivity contribution in [2.45, 2.75) is 13.8 Å². The summed E-state index contributed by atoms with van der Waals surface area (Å²) in [6.45, 7) is 3.89. The summed E-state index contributed by atoms with van der Waals surface area (Å²) in [6, 6.07) is 7.28. The van der Waals surface area contributed by atoms with Crippen molar-refractivity contribution in [3.8, 4) is 11.4 Å². The van der Waals surface area contributed by atoms with E-state index in [1.54, 1.807) is 26.0 Å². The summed E-state index contributed by atoms with van der Waals surface area (Å²) in [5, 5.41) is 0. The van der Waals surface area contributed by atoms with Gasteiger partial charge >= 0.3 is 5.97 Å². The number of anilines is 1. The van der Waals surface area contributed by atoms with Gasteiger partial charge in [0.25, 0.3) is 0 Å². The Hall–Kier alpha value is -2.30. The van der Waals surface area contributed by atoms with Crippen molar-refractivity contribution in [1.82, 2.24) is 9.97 Å². The molecule has 5 nitrogen and oxygen atoms in total. The van der Waals surface area contributed by atoms with Crippen LogP contribution in [-0.4, -0.2) is 22.5 Å². The molecule has 5 heteroatoms. The first-order valence-electron chi connectivity index (χ1n) is 5.71. The summed E-state index contributed by atoms with van der Waals surface area (Å²) in [6.07, 6.45) is 0. The van der Waals surface area contributed by atoms with Crippen molar-refractivity contribution in [3.63, 3.8) is 0 Å². The summed E-state index contributed by atoms with van der Waals surface area (Å²) < 4.78 is 4.94. The SMILES string of the molecule is CCOC(=O)c1nc(-c2ccc(N)cc2)[nH]c1C. The summed E-state index contributed by atoms with van der Waals surface area (Å²) in [5.74, 6) is 0.225. The zero-order valence-corrected chi connectivity index (χ0v) is 10.4. The average molecular weight is 245 g/mol. The molecule has 2 aromatic rings. The molecular weight excluding hydrogens is 230 g/mol. The second-order valence-electron chi connectivity index (χ2n) is 3.90. The van der Waals surface area contributed by atoms with E-state index in [-0.39, 0.29) is 0 Å². The van der Waals surface area contributed by atoms with Crippen LogP contribution in [0.4, 0.5) is 5.69 Å². The molecule has 3 N–H and O–H groups in total. The molecule has 0 saturated heterocycles. The Kier molecular flexibility index (Phi) is 3.32. The van der Waals surface area contributed by atoms with Gasteiger partial charge in [-0.15, -0.1) is 0 Å². The molecule has 1 aromatic carbocycles. The van der Waals surface area contributed by atoms with E-state index >= 15 is 0 Å². The van der Waals surface area contributed by atoms with Crippen LogP contribution in [0.1, 0.15) is 23.1 Å². The fourth-order valence-electron chi connectivity index (χ4n) is 1.64. The summed E-state index contributed by atoms with van der Waals surface area (Å²) in [7, 11) is 0. The highest BCUT2D eigenvalue weighted by Gasteiger charge is 2.16. The maximum absolute atomic E-state index is 11.6. The molecule has 0 aliphatic rings. The van der Waals surface area contributed by atoms with E-state index in [1.807, 2.05) is 12.1 Å². The zero-order valence-electron chi connectivity index (χ0n) is 10.4. The van der Waals surface area contributed by atoms with Crippen LogP contribution in [0.3, 0.4) is 0 Å². The van der Waals surface area contributed by atoms with Gasteiger partial charge in [0.05, 0.1) is 6.61 Å². The zero-order chi connectivity index (χ0) is 13.1. The van der Waals surface area contributed by atoms with Crippen LogP contribution in [0, 0.1) is 6.92 Å². The smallest absolute Gasteiger partial charge is 0.358 e. The highest BCUT2D eigenvalue weighted by molar-refractivity contribution is 5.89. The Bertz CT molecular complexity index is 558. The molecule has 2 rings (SSSR count). The van der Waals surface area contributed by atoms with Crippen molar-refractivity contribution in [3.05, 3.63) is 35.7 Å². The molecule has 0 bridgehead atoms. The first kappa shape index (κ1) is 12.2. The molecule has 0 radical (unpaired) electrons. The molecular formula is C13H15N3O2. The molecule has 18 heavy (non-hydrogen) atoms. The fourth-order valence-corrected chi connectivity index (χ4v) is 1.64.